The Kier molecular flexibility index (Phi) is 12.5. The molecule has 3 aromatic rings. The Morgan fingerprint density at radius 3 is 2.35 bits per heavy atom. The summed E-state index contributed by atoms with van der Waals surface area (Å²) in [5.74, 6) is -5.39. The standard InChI is InChI=1S/C38H43F2N5O7/c1-23(2)13-14-44-20-34(47)41-31(15-24-7-4-3-5-8-24)36(49)43-32-19-45(37(50)26-11-12-29(39)30(40)17-26)18-28(32)25-9-6-10-27(16-25)52-22-35(48)42-33(21-46)38(44)51/h3-12,16-17,23,28,31-33,46H,13-15,18-22H2,1-2H3,(H,41,47)(H,42,48)(H,43,49)/t28-,31-,32+,33-/m0/s1. The van der Waals surface area contributed by atoms with Crippen LogP contribution in [-0.4, -0.2) is 102 Å². The van der Waals surface area contributed by atoms with E-state index in [4.69, 9.17) is 4.74 Å². The third-order valence-corrected chi connectivity index (χ3v) is 9.13. The van der Waals surface area contributed by atoms with Gasteiger partial charge in [0.15, 0.2) is 18.2 Å². The summed E-state index contributed by atoms with van der Waals surface area (Å²) in [4.78, 5) is 70.5. The fraction of sp³-hybridized carbons (Fsp3) is 0.395. The summed E-state index contributed by atoms with van der Waals surface area (Å²) in [5.41, 5.74) is 1.34. The van der Waals surface area contributed by atoms with Crippen LogP contribution in [0.4, 0.5) is 8.78 Å². The number of carbonyl (C=O) groups excluding carboxylic acids is 5. The molecule has 0 aliphatic carbocycles. The minimum absolute atomic E-state index is 0.00770. The van der Waals surface area contributed by atoms with Crippen molar-refractivity contribution in [2.45, 2.75) is 50.7 Å². The number of carbonyl (C=O) groups is 5. The maximum absolute atomic E-state index is 14.1. The number of hydrogen-bond acceptors (Lipinski definition) is 7. The second-order valence-electron chi connectivity index (χ2n) is 13.5. The number of amides is 5. The fourth-order valence-electron chi connectivity index (χ4n) is 6.33. The minimum atomic E-state index is -1.35. The molecule has 1 fully saturated rings. The predicted molar refractivity (Wildman–Crippen MR) is 186 cm³/mol. The number of aliphatic hydroxyl groups is 1. The van der Waals surface area contributed by atoms with Crippen LogP contribution in [0.3, 0.4) is 0 Å². The molecule has 0 radical (unpaired) electrons. The summed E-state index contributed by atoms with van der Waals surface area (Å²) >= 11 is 0. The fourth-order valence-corrected chi connectivity index (χ4v) is 6.33. The molecule has 4 atom stereocenters. The monoisotopic (exact) mass is 719 g/mol. The lowest BCUT2D eigenvalue weighted by Gasteiger charge is -2.29. The summed E-state index contributed by atoms with van der Waals surface area (Å²) < 4.78 is 33.5. The highest BCUT2D eigenvalue weighted by molar-refractivity contribution is 5.95. The van der Waals surface area contributed by atoms with Crippen LogP contribution in [0, 0.1) is 17.6 Å². The summed E-state index contributed by atoms with van der Waals surface area (Å²) in [6.07, 6.45) is 0.632. The number of nitrogens with zero attached hydrogens (tertiary/aromatic N) is 2. The largest absolute Gasteiger partial charge is 0.484 e. The van der Waals surface area contributed by atoms with Gasteiger partial charge in [-0.05, 0) is 53.8 Å². The van der Waals surface area contributed by atoms with E-state index in [1.807, 2.05) is 32.0 Å². The van der Waals surface area contributed by atoms with Gasteiger partial charge in [-0.3, -0.25) is 24.0 Å². The molecule has 0 saturated carbocycles. The first-order valence-electron chi connectivity index (χ1n) is 17.2. The zero-order valence-corrected chi connectivity index (χ0v) is 29.0. The van der Waals surface area contributed by atoms with Crippen LogP contribution >= 0.6 is 0 Å². The lowest BCUT2D eigenvalue weighted by atomic mass is 9.93. The van der Waals surface area contributed by atoms with Crippen molar-refractivity contribution in [1.82, 2.24) is 25.8 Å². The van der Waals surface area contributed by atoms with Crippen molar-refractivity contribution in [2.24, 2.45) is 5.92 Å². The number of benzene rings is 3. The van der Waals surface area contributed by atoms with E-state index >= 15 is 0 Å². The molecule has 276 valence electrons. The van der Waals surface area contributed by atoms with Crippen molar-refractivity contribution < 1.29 is 42.6 Å². The van der Waals surface area contributed by atoms with Gasteiger partial charge >= 0.3 is 0 Å². The van der Waals surface area contributed by atoms with Crippen LogP contribution in [0.25, 0.3) is 0 Å². The van der Waals surface area contributed by atoms with Crippen molar-refractivity contribution in [2.75, 3.05) is 39.4 Å². The predicted octanol–water partition coefficient (Wildman–Crippen LogP) is 2.16. The van der Waals surface area contributed by atoms with Gasteiger partial charge < -0.3 is 35.6 Å². The van der Waals surface area contributed by atoms with Gasteiger partial charge in [-0.25, -0.2) is 8.78 Å². The molecule has 2 aliphatic heterocycles. The summed E-state index contributed by atoms with van der Waals surface area (Å²) in [7, 11) is 0. The Bertz CT molecular complexity index is 1780. The zero-order chi connectivity index (χ0) is 37.4. The molecule has 5 rings (SSSR count). The number of halogens is 2. The molecule has 2 aliphatic rings. The summed E-state index contributed by atoms with van der Waals surface area (Å²) in [5, 5.41) is 18.4. The maximum atomic E-state index is 14.1. The molecule has 0 spiro atoms. The van der Waals surface area contributed by atoms with Gasteiger partial charge in [-0.2, -0.15) is 0 Å². The van der Waals surface area contributed by atoms with E-state index in [0.717, 1.165) is 17.7 Å². The minimum Gasteiger partial charge on any atom is -0.484 e. The number of aliphatic hydroxyl groups excluding tert-OH is 1. The van der Waals surface area contributed by atoms with E-state index < -0.39 is 85.0 Å². The van der Waals surface area contributed by atoms with Crippen LogP contribution in [-0.2, 0) is 25.6 Å². The molecule has 0 aromatic heterocycles. The van der Waals surface area contributed by atoms with Crippen molar-refractivity contribution >= 4 is 29.5 Å². The summed E-state index contributed by atoms with van der Waals surface area (Å²) in [6.45, 7) is 2.50. The van der Waals surface area contributed by atoms with Gasteiger partial charge in [0.1, 0.15) is 17.8 Å². The molecular weight excluding hydrogens is 676 g/mol. The third kappa shape index (κ3) is 9.69. The van der Waals surface area contributed by atoms with Crippen molar-refractivity contribution in [3.05, 3.63) is 101 Å². The highest BCUT2D eigenvalue weighted by Crippen LogP contribution is 2.31. The maximum Gasteiger partial charge on any atom is 0.258 e. The van der Waals surface area contributed by atoms with Crippen LogP contribution in [0.2, 0.25) is 0 Å². The molecule has 12 nitrogen and oxygen atoms in total. The third-order valence-electron chi connectivity index (χ3n) is 9.13. The highest BCUT2D eigenvalue weighted by atomic mass is 19.2. The molecule has 14 heteroatoms. The Morgan fingerprint density at radius 2 is 1.63 bits per heavy atom. The average Bonchev–Trinajstić information content (AvgIpc) is 3.55. The van der Waals surface area contributed by atoms with Gasteiger partial charge in [-0.15, -0.1) is 0 Å². The molecule has 52 heavy (non-hydrogen) atoms. The molecule has 4 N–H and O–H groups in total. The van der Waals surface area contributed by atoms with Crippen molar-refractivity contribution in [1.29, 1.82) is 0 Å². The second-order valence-corrected chi connectivity index (χ2v) is 13.5. The number of rotatable bonds is 7. The number of hydrogen-bond donors (Lipinski definition) is 4. The average molecular weight is 720 g/mol. The number of nitrogens with one attached hydrogen (secondary N) is 3. The van der Waals surface area contributed by atoms with Crippen LogP contribution < -0.4 is 20.7 Å². The Hall–Kier alpha value is -5.37. The number of ether oxygens (including phenoxy) is 1. The van der Waals surface area contributed by atoms with Gasteiger partial charge in [0, 0.05) is 37.5 Å². The van der Waals surface area contributed by atoms with E-state index in [2.05, 4.69) is 16.0 Å². The van der Waals surface area contributed by atoms with Crippen LogP contribution in [0.1, 0.15) is 47.7 Å². The SMILES string of the molecule is CC(C)CCN1CC(=O)N[C@@H](Cc2ccccc2)C(=O)N[C@@H]2CN(C(=O)c3ccc(F)c(F)c3)C[C@H]2c2cccc(c2)OCC(=O)N[C@@H](CO)C1=O. The molecule has 1 saturated heterocycles. The molecule has 5 amide bonds. The number of likely N-dealkylation sites (tertiary alicyclic amines) is 1. The van der Waals surface area contributed by atoms with Gasteiger partial charge in [0.2, 0.25) is 17.7 Å². The Balaban J connectivity index is 1.50. The highest BCUT2D eigenvalue weighted by Gasteiger charge is 2.39. The molecule has 3 aromatic carbocycles. The van der Waals surface area contributed by atoms with Crippen LogP contribution in [0.5, 0.6) is 5.75 Å². The van der Waals surface area contributed by atoms with E-state index in [9.17, 15) is 37.9 Å². The van der Waals surface area contributed by atoms with E-state index in [1.165, 1.54) is 15.9 Å². The number of fused-ring (bicyclic) bond motifs is 4. The van der Waals surface area contributed by atoms with E-state index in [1.54, 1.807) is 36.4 Å². The topological polar surface area (TPSA) is 157 Å². The lowest BCUT2D eigenvalue weighted by Crippen LogP contribution is -2.56. The lowest BCUT2D eigenvalue weighted by molar-refractivity contribution is -0.141. The molecule has 0 unspecified atom stereocenters. The Morgan fingerprint density at radius 1 is 0.885 bits per heavy atom. The zero-order valence-electron chi connectivity index (χ0n) is 29.0. The molecule has 2 bridgehead atoms. The van der Waals surface area contributed by atoms with Crippen molar-refractivity contribution in [3.63, 3.8) is 0 Å². The first-order chi connectivity index (χ1) is 24.9. The second kappa shape index (κ2) is 17.2. The van der Waals surface area contributed by atoms with E-state index in [0.29, 0.717) is 17.7 Å². The van der Waals surface area contributed by atoms with E-state index in [-0.39, 0.29) is 37.5 Å². The summed E-state index contributed by atoms with van der Waals surface area (Å²) in [6, 6.07) is 15.5. The molecular formula is C38H43F2N5O7. The van der Waals surface area contributed by atoms with Gasteiger partial charge in [0.25, 0.3) is 11.8 Å². The van der Waals surface area contributed by atoms with Crippen LogP contribution in [0.15, 0.2) is 72.8 Å². The van der Waals surface area contributed by atoms with Gasteiger partial charge in [0.05, 0.1) is 19.2 Å². The Labute approximate surface area is 300 Å². The normalized spacial score (nSPS) is 21.7. The quantitative estimate of drug-likeness (QED) is 0.292. The first-order valence-corrected chi connectivity index (χ1v) is 17.2. The first kappa shape index (κ1) is 37.9. The molecule has 2 heterocycles. The van der Waals surface area contributed by atoms with Gasteiger partial charge in [-0.1, -0.05) is 56.3 Å². The smallest absolute Gasteiger partial charge is 0.258 e. The van der Waals surface area contributed by atoms with Crippen molar-refractivity contribution in [3.8, 4) is 5.75 Å².